The molecule has 10 heteroatoms. The van der Waals surface area contributed by atoms with Gasteiger partial charge in [-0.3, -0.25) is 9.29 Å². The summed E-state index contributed by atoms with van der Waals surface area (Å²) in [7, 11) is -3.79. The highest BCUT2D eigenvalue weighted by Crippen LogP contribution is 2.44. The zero-order chi connectivity index (χ0) is 24.9. The van der Waals surface area contributed by atoms with Gasteiger partial charge in [-0.15, -0.1) is 0 Å². The molecule has 2 aliphatic rings. The number of anilines is 1. The number of nitrogens with one attached hydrogen (secondary N) is 2. The number of H-pyrrole nitrogens is 1. The van der Waals surface area contributed by atoms with Crippen LogP contribution in [0.25, 0.3) is 10.9 Å². The summed E-state index contributed by atoms with van der Waals surface area (Å²) in [5.74, 6) is -1.61. The van der Waals surface area contributed by atoms with E-state index in [1.165, 1.54) is 16.4 Å². The fourth-order valence-corrected chi connectivity index (χ4v) is 6.84. The van der Waals surface area contributed by atoms with Crippen LogP contribution in [0.1, 0.15) is 36.2 Å². The van der Waals surface area contributed by atoms with E-state index < -0.39 is 33.7 Å². The molecule has 2 aromatic carbocycles. The number of sulfonamides is 1. The molecule has 1 fully saturated rings. The van der Waals surface area contributed by atoms with E-state index in [0.29, 0.717) is 43.9 Å². The Morgan fingerprint density at radius 3 is 2.49 bits per heavy atom. The Labute approximate surface area is 203 Å². The van der Waals surface area contributed by atoms with Crippen molar-refractivity contribution in [1.82, 2.24) is 14.2 Å². The molecule has 0 amide bonds. The minimum Gasteiger partial charge on any atom is -0.380 e. The molecule has 0 radical (unpaired) electrons. The fraction of sp³-hybridized carbons (Fsp3) is 0.440. The number of rotatable bonds is 7. The molecule has 2 aliphatic heterocycles. The molecule has 0 unspecified atom stereocenters. The van der Waals surface area contributed by atoms with Crippen LogP contribution in [0.4, 0.5) is 18.9 Å². The Morgan fingerprint density at radius 1 is 1.14 bits per heavy atom. The Morgan fingerprint density at radius 2 is 1.83 bits per heavy atom. The Hall–Kier alpha value is -2.56. The van der Waals surface area contributed by atoms with Gasteiger partial charge in [0.25, 0.3) is 0 Å². The van der Waals surface area contributed by atoms with Gasteiger partial charge in [0.2, 0.25) is 10.0 Å². The lowest BCUT2D eigenvalue weighted by Crippen LogP contribution is -2.54. The van der Waals surface area contributed by atoms with E-state index in [2.05, 4.69) is 15.2 Å². The number of nitrogens with zero attached hydrogens (tertiary/aromatic N) is 2. The maximum Gasteiger partial charge on any atom is 0.212 e. The molecule has 3 aromatic rings. The SMILES string of the molecule is C[C@@H]1Cc2c([nH]c3ccccc23)[C@@H](c2c(F)cc(NC3CN(CCCF)C3)cc2F)N1S(C)(=O)=O. The predicted molar refractivity (Wildman–Crippen MR) is 131 cm³/mol. The molecule has 6 nitrogen and oxygen atoms in total. The second-order valence-corrected chi connectivity index (χ2v) is 11.5. The van der Waals surface area contributed by atoms with Gasteiger partial charge in [-0.1, -0.05) is 18.2 Å². The Balaban J connectivity index is 1.52. The summed E-state index contributed by atoms with van der Waals surface area (Å²) in [6, 6.07) is 8.39. The van der Waals surface area contributed by atoms with E-state index in [4.69, 9.17) is 0 Å². The zero-order valence-corrected chi connectivity index (χ0v) is 20.5. The average Bonchev–Trinajstić information content (AvgIpc) is 3.12. The highest BCUT2D eigenvalue weighted by atomic mass is 32.2. The molecule has 2 atom stereocenters. The van der Waals surface area contributed by atoms with Gasteiger partial charge in [0.05, 0.1) is 25.0 Å². The van der Waals surface area contributed by atoms with Crippen molar-refractivity contribution in [3.8, 4) is 0 Å². The van der Waals surface area contributed by atoms with E-state index >= 15 is 8.78 Å². The number of aromatic nitrogens is 1. The summed E-state index contributed by atoms with van der Waals surface area (Å²) in [5, 5.41) is 4.06. The molecular formula is C25H29F3N4O2S. The van der Waals surface area contributed by atoms with Gasteiger partial charge in [0.1, 0.15) is 11.6 Å². The number of hydrogen-bond donors (Lipinski definition) is 2. The van der Waals surface area contributed by atoms with Gasteiger partial charge in [0, 0.05) is 53.5 Å². The van der Waals surface area contributed by atoms with Crippen LogP contribution < -0.4 is 5.32 Å². The highest BCUT2D eigenvalue weighted by Gasteiger charge is 2.43. The summed E-state index contributed by atoms with van der Waals surface area (Å²) in [6.45, 7) is 3.39. The van der Waals surface area contributed by atoms with Crippen LogP contribution in [0.5, 0.6) is 0 Å². The minimum atomic E-state index is -3.79. The summed E-state index contributed by atoms with van der Waals surface area (Å²) in [6.07, 6.45) is 1.98. The molecule has 35 heavy (non-hydrogen) atoms. The Bertz CT molecular complexity index is 1330. The van der Waals surface area contributed by atoms with Crippen molar-refractivity contribution in [3.63, 3.8) is 0 Å². The van der Waals surface area contributed by atoms with Gasteiger partial charge in [-0.2, -0.15) is 4.31 Å². The number of aromatic amines is 1. The largest absolute Gasteiger partial charge is 0.380 e. The minimum absolute atomic E-state index is 0.0155. The molecule has 1 aromatic heterocycles. The number of hydrogen-bond acceptors (Lipinski definition) is 4. The van der Waals surface area contributed by atoms with Gasteiger partial charge < -0.3 is 10.3 Å². The normalized spacial score (nSPS) is 21.7. The molecule has 0 spiro atoms. The van der Waals surface area contributed by atoms with Gasteiger partial charge in [0.15, 0.2) is 0 Å². The van der Waals surface area contributed by atoms with Crippen molar-refractivity contribution in [1.29, 1.82) is 0 Å². The highest BCUT2D eigenvalue weighted by molar-refractivity contribution is 7.88. The number of likely N-dealkylation sites (tertiary alicyclic amines) is 1. The average molecular weight is 507 g/mol. The lowest BCUT2D eigenvalue weighted by Gasteiger charge is -2.40. The summed E-state index contributed by atoms with van der Waals surface area (Å²) in [5.41, 5.74) is 2.17. The topological polar surface area (TPSA) is 68.4 Å². The molecule has 188 valence electrons. The van der Waals surface area contributed by atoms with Crippen molar-refractivity contribution >= 4 is 26.6 Å². The van der Waals surface area contributed by atoms with Crippen LogP contribution in [0.2, 0.25) is 0 Å². The van der Waals surface area contributed by atoms with E-state index in [0.717, 1.165) is 22.7 Å². The maximum atomic E-state index is 15.6. The van der Waals surface area contributed by atoms with Crippen LogP contribution in [0.15, 0.2) is 36.4 Å². The molecular weight excluding hydrogens is 477 g/mol. The predicted octanol–water partition coefficient (Wildman–Crippen LogP) is 4.20. The summed E-state index contributed by atoms with van der Waals surface area (Å²) < 4.78 is 70.4. The van der Waals surface area contributed by atoms with Gasteiger partial charge >= 0.3 is 0 Å². The van der Waals surface area contributed by atoms with Crippen LogP contribution >= 0.6 is 0 Å². The summed E-state index contributed by atoms with van der Waals surface area (Å²) >= 11 is 0. The number of benzene rings is 2. The van der Waals surface area contributed by atoms with E-state index in [-0.39, 0.29) is 18.3 Å². The fourth-order valence-electron chi connectivity index (χ4n) is 5.52. The zero-order valence-electron chi connectivity index (χ0n) is 19.7. The number of para-hydroxylation sites is 1. The van der Waals surface area contributed by atoms with Crippen molar-refractivity contribution in [2.24, 2.45) is 0 Å². The number of fused-ring (bicyclic) bond motifs is 3. The molecule has 0 saturated carbocycles. The first-order valence-corrected chi connectivity index (χ1v) is 13.6. The van der Waals surface area contributed by atoms with E-state index in [1.54, 1.807) is 6.92 Å². The van der Waals surface area contributed by atoms with Crippen LogP contribution in [-0.4, -0.2) is 67.3 Å². The van der Waals surface area contributed by atoms with Crippen LogP contribution in [0, 0.1) is 11.6 Å². The third-order valence-corrected chi connectivity index (χ3v) is 8.32. The van der Waals surface area contributed by atoms with Crippen molar-refractivity contribution in [2.45, 2.75) is 37.9 Å². The van der Waals surface area contributed by atoms with E-state index in [9.17, 15) is 12.8 Å². The second-order valence-electron chi connectivity index (χ2n) is 9.61. The van der Waals surface area contributed by atoms with Crippen LogP contribution in [-0.2, 0) is 16.4 Å². The summed E-state index contributed by atoms with van der Waals surface area (Å²) in [4.78, 5) is 5.31. The molecule has 2 N–H and O–H groups in total. The number of halogens is 3. The van der Waals surface area contributed by atoms with Crippen molar-refractivity contribution in [3.05, 3.63) is 64.9 Å². The van der Waals surface area contributed by atoms with Crippen molar-refractivity contribution < 1.29 is 21.6 Å². The first kappa shape index (κ1) is 24.1. The first-order chi connectivity index (χ1) is 16.7. The molecule has 1 saturated heterocycles. The quantitative estimate of drug-likeness (QED) is 0.504. The maximum absolute atomic E-state index is 15.6. The number of alkyl halides is 1. The lowest BCUT2D eigenvalue weighted by molar-refractivity contribution is 0.155. The van der Waals surface area contributed by atoms with Gasteiger partial charge in [-0.25, -0.2) is 17.2 Å². The smallest absolute Gasteiger partial charge is 0.212 e. The Kier molecular flexibility index (Phi) is 6.31. The standard InChI is InChI=1S/C25H29F3N4O2S/c1-15-10-19-18-6-3-4-7-22(18)30-24(19)25(32(15)35(2,33)34)23-20(27)11-16(12-21(23)28)29-17-13-31(14-17)9-5-8-26/h3-4,6-7,11-12,15,17,25,29-30H,5,8-10,13-14H2,1-2H3/t15-,25-/m1/s1. The van der Waals surface area contributed by atoms with Crippen molar-refractivity contribution in [2.75, 3.05) is 37.9 Å². The van der Waals surface area contributed by atoms with Gasteiger partial charge in [-0.05, 0) is 43.5 Å². The van der Waals surface area contributed by atoms with Crippen LogP contribution in [0.3, 0.4) is 0 Å². The third-order valence-electron chi connectivity index (χ3n) is 6.98. The lowest BCUT2D eigenvalue weighted by atomic mass is 9.90. The monoisotopic (exact) mass is 506 g/mol. The molecule has 0 bridgehead atoms. The molecule has 3 heterocycles. The molecule has 0 aliphatic carbocycles. The third kappa shape index (κ3) is 4.43. The molecule has 5 rings (SSSR count). The first-order valence-electron chi connectivity index (χ1n) is 11.8. The van der Waals surface area contributed by atoms with E-state index in [1.807, 2.05) is 24.3 Å². The second kappa shape index (κ2) is 9.15.